The summed E-state index contributed by atoms with van der Waals surface area (Å²) in [6.07, 6.45) is 3.17. The van der Waals surface area contributed by atoms with Crippen LogP contribution in [0.5, 0.6) is 5.75 Å². The highest BCUT2D eigenvalue weighted by atomic mass is 19.1. The summed E-state index contributed by atoms with van der Waals surface area (Å²) in [4.78, 5) is 14.6. The molecule has 1 aromatic carbocycles. The Hall–Kier alpha value is -2.37. The molecule has 6 heteroatoms. The summed E-state index contributed by atoms with van der Waals surface area (Å²) < 4.78 is 21.2. The number of rotatable bonds is 6. The molecule has 0 spiro atoms. The van der Waals surface area contributed by atoms with Crippen LogP contribution in [0.4, 0.5) is 4.39 Å². The summed E-state index contributed by atoms with van der Waals surface area (Å²) in [6, 6.07) is 6.44. The van der Waals surface area contributed by atoms with E-state index in [-0.39, 0.29) is 23.4 Å². The van der Waals surface area contributed by atoms with Crippen LogP contribution < -0.4 is 4.74 Å². The lowest BCUT2D eigenvalue weighted by molar-refractivity contribution is -0.133. The number of hydrogen-bond acceptors (Lipinski definition) is 3. The molecule has 3 rings (SSSR count). The van der Waals surface area contributed by atoms with Gasteiger partial charge in [-0.3, -0.25) is 9.48 Å². The minimum Gasteiger partial charge on any atom is -0.490 e. The SMILES string of the molecule is Cc1nn(C)c(C)c1CCC(=O)N1CCC[C@@H](COc2ccccc2F)C1. The fraction of sp³-hybridized carbons (Fsp3) is 0.524. The Kier molecular flexibility index (Phi) is 6.14. The van der Waals surface area contributed by atoms with Crippen molar-refractivity contribution in [1.29, 1.82) is 0 Å². The van der Waals surface area contributed by atoms with Crippen LogP contribution in [-0.2, 0) is 18.3 Å². The molecule has 1 aliphatic rings. The number of aromatic nitrogens is 2. The molecule has 1 aliphatic heterocycles. The number of hydrogen-bond donors (Lipinski definition) is 0. The first kappa shape index (κ1) is 19.4. The number of halogens is 1. The van der Waals surface area contributed by atoms with Gasteiger partial charge in [0.1, 0.15) is 0 Å². The van der Waals surface area contributed by atoms with Gasteiger partial charge in [0.05, 0.1) is 12.3 Å². The average Bonchev–Trinajstić information content (AvgIpc) is 2.91. The van der Waals surface area contributed by atoms with Crippen molar-refractivity contribution >= 4 is 5.91 Å². The molecule has 1 aromatic heterocycles. The first-order chi connectivity index (χ1) is 13.0. The summed E-state index contributed by atoms with van der Waals surface area (Å²) in [5, 5.41) is 4.42. The molecule has 0 radical (unpaired) electrons. The minimum atomic E-state index is -0.344. The first-order valence-corrected chi connectivity index (χ1v) is 9.60. The van der Waals surface area contributed by atoms with E-state index >= 15 is 0 Å². The Morgan fingerprint density at radius 1 is 1.33 bits per heavy atom. The average molecular weight is 373 g/mol. The van der Waals surface area contributed by atoms with Crippen molar-refractivity contribution in [3.63, 3.8) is 0 Å². The molecule has 2 heterocycles. The minimum absolute atomic E-state index is 0.174. The van der Waals surface area contributed by atoms with Gasteiger partial charge >= 0.3 is 0 Å². The number of ether oxygens (including phenoxy) is 1. The summed E-state index contributed by atoms with van der Waals surface area (Å²) in [7, 11) is 1.93. The zero-order valence-corrected chi connectivity index (χ0v) is 16.4. The van der Waals surface area contributed by atoms with Crippen LogP contribution in [0, 0.1) is 25.6 Å². The summed E-state index contributed by atoms with van der Waals surface area (Å²) >= 11 is 0. The number of para-hydroxylation sites is 1. The number of carbonyl (C=O) groups is 1. The van der Waals surface area contributed by atoms with Gasteiger partial charge in [-0.15, -0.1) is 0 Å². The lowest BCUT2D eigenvalue weighted by Gasteiger charge is -2.32. The molecule has 1 atom stereocenters. The van der Waals surface area contributed by atoms with Gasteiger partial charge in [-0.25, -0.2) is 4.39 Å². The number of likely N-dealkylation sites (tertiary alicyclic amines) is 1. The third-order valence-electron chi connectivity index (χ3n) is 5.43. The van der Waals surface area contributed by atoms with Gasteiger partial charge in [0, 0.05) is 38.2 Å². The largest absolute Gasteiger partial charge is 0.490 e. The van der Waals surface area contributed by atoms with Crippen molar-refractivity contribution in [2.45, 2.75) is 39.5 Å². The Balaban J connectivity index is 1.51. The lowest BCUT2D eigenvalue weighted by atomic mass is 9.98. The van der Waals surface area contributed by atoms with Gasteiger partial charge in [0.15, 0.2) is 11.6 Å². The molecule has 1 saturated heterocycles. The molecule has 0 N–H and O–H groups in total. The molecule has 27 heavy (non-hydrogen) atoms. The Labute approximate surface area is 160 Å². The van der Waals surface area contributed by atoms with Gasteiger partial charge in [-0.2, -0.15) is 5.10 Å². The van der Waals surface area contributed by atoms with Gasteiger partial charge in [-0.1, -0.05) is 12.1 Å². The highest BCUT2D eigenvalue weighted by molar-refractivity contribution is 5.76. The topological polar surface area (TPSA) is 47.4 Å². The Morgan fingerprint density at radius 2 is 2.11 bits per heavy atom. The molecule has 1 fully saturated rings. The van der Waals surface area contributed by atoms with Crippen LogP contribution in [0.3, 0.4) is 0 Å². The fourth-order valence-corrected chi connectivity index (χ4v) is 3.77. The van der Waals surface area contributed by atoms with Crippen LogP contribution in [0.15, 0.2) is 24.3 Å². The quantitative estimate of drug-likeness (QED) is 0.779. The van der Waals surface area contributed by atoms with Crippen LogP contribution in [0.2, 0.25) is 0 Å². The molecule has 1 amide bonds. The second-order valence-electron chi connectivity index (χ2n) is 7.36. The van der Waals surface area contributed by atoms with Crippen molar-refractivity contribution in [2.75, 3.05) is 19.7 Å². The number of nitrogens with zero attached hydrogens (tertiary/aromatic N) is 3. The third-order valence-corrected chi connectivity index (χ3v) is 5.43. The highest BCUT2D eigenvalue weighted by Gasteiger charge is 2.24. The predicted molar refractivity (Wildman–Crippen MR) is 102 cm³/mol. The van der Waals surface area contributed by atoms with Crippen LogP contribution in [0.25, 0.3) is 0 Å². The van der Waals surface area contributed by atoms with E-state index < -0.39 is 0 Å². The second kappa shape index (κ2) is 8.55. The van der Waals surface area contributed by atoms with Crippen molar-refractivity contribution in [1.82, 2.24) is 14.7 Å². The van der Waals surface area contributed by atoms with Crippen molar-refractivity contribution in [3.05, 3.63) is 47.0 Å². The Bertz CT molecular complexity index is 803. The molecule has 146 valence electrons. The fourth-order valence-electron chi connectivity index (χ4n) is 3.77. The smallest absolute Gasteiger partial charge is 0.222 e. The number of aryl methyl sites for hydroxylation is 2. The lowest BCUT2D eigenvalue weighted by Crippen LogP contribution is -2.41. The van der Waals surface area contributed by atoms with Gasteiger partial charge in [0.25, 0.3) is 0 Å². The standard InChI is InChI=1S/C21H28FN3O2/c1-15-18(16(2)24(3)23-15)10-11-21(26)25-12-6-7-17(13-25)14-27-20-9-5-4-8-19(20)22/h4-5,8-9,17H,6-7,10-14H2,1-3H3/t17-/m1/s1. The first-order valence-electron chi connectivity index (χ1n) is 9.60. The second-order valence-corrected chi connectivity index (χ2v) is 7.36. The van der Waals surface area contributed by atoms with E-state index in [1.807, 2.05) is 30.5 Å². The van der Waals surface area contributed by atoms with E-state index in [1.165, 1.54) is 11.6 Å². The van der Waals surface area contributed by atoms with Gasteiger partial charge < -0.3 is 9.64 Å². The van der Waals surface area contributed by atoms with E-state index in [4.69, 9.17) is 4.74 Å². The zero-order valence-electron chi connectivity index (χ0n) is 16.4. The summed E-state index contributed by atoms with van der Waals surface area (Å²) in [6.45, 7) is 5.93. The van der Waals surface area contributed by atoms with Gasteiger partial charge in [0.2, 0.25) is 5.91 Å². The maximum Gasteiger partial charge on any atom is 0.222 e. The number of piperidine rings is 1. The van der Waals surface area contributed by atoms with E-state index in [2.05, 4.69) is 5.10 Å². The maximum absolute atomic E-state index is 13.7. The van der Waals surface area contributed by atoms with E-state index in [0.717, 1.165) is 37.2 Å². The van der Waals surface area contributed by atoms with Crippen LogP contribution in [-0.4, -0.2) is 40.3 Å². The summed E-state index contributed by atoms with van der Waals surface area (Å²) in [5.41, 5.74) is 3.29. The molecule has 0 aliphatic carbocycles. The van der Waals surface area contributed by atoms with E-state index in [0.29, 0.717) is 19.6 Å². The molecule has 0 unspecified atom stereocenters. The normalized spacial score (nSPS) is 17.2. The van der Waals surface area contributed by atoms with Crippen molar-refractivity contribution in [2.24, 2.45) is 13.0 Å². The number of amides is 1. The molecule has 0 bridgehead atoms. The molecular weight excluding hydrogens is 345 g/mol. The predicted octanol–water partition coefficient (Wildman–Crippen LogP) is 3.43. The molecule has 0 saturated carbocycles. The molecule has 2 aromatic rings. The van der Waals surface area contributed by atoms with Crippen LogP contribution >= 0.6 is 0 Å². The third kappa shape index (κ3) is 4.67. The molecule has 5 nitrogen and oxygen atoms in total. The zero-order chi connectivity index (χ0) is 19.4. The number of carbonyl (C=O) groups excluding carboxylic acids is 1. The van der Waals surface area contributed by atoms with E-state index in [1.54, 1.807) is 18.2 Å². The summed E-state index contributed by atoms with van der Waals surface area (Å²) in [5.74, 6) is 0.351. The Morgan fingerprint density at radius 3 is 2.81 bits per heavy atom. The highest BCUT2D eigenvalue weighted by Crippen LogP contribution is 2.22. The monoisotopic (exact) mass is 373 g/mol. The molecular formula is C21H28FN3O2. The van der Waals surface area contributed by atoms with Crippen LogP contribution in [0.1, 0.15) is 36.2 Å². The maximum atomic E-state index is 13.7. The van der Waals surface area contributed by atoms with Crippen molar-refractivity contribution in [3.8, 4) is 5.75 Å². The van der Waals surface area contributed by atoms with Crippen molar-refractivity contribution < 1.29 is 13.9 Å². The number of benzene rings is 1. The van der Waals surface area contributed by atoms with Gasteiger partial charge in [-0.05, 0) is 50.8 Å². The van der Waals surface area contributed by atoms with E-state index in [9.17, 15) is 9.18 Å².